The standard InChI is InChI=1S/C23H27N3O3/c27-22(19-8-4-5-14-28-19)26-12-10-23(11-13-26)20-18(9-15-29-23)16-24-21(25-20)17-6-2-1-3-7-17/h1-3,6-7,16,19H,4-5,8-15H2. The maximum Gasteiger partial charge on any atom is 0.251 e. The van der Waals surface area contributed by atoms with Crippen LogP contribution in [0.4, 0.5) is 0 Å². The number of carbonyl (C=O) groups is 1. The van der Waals surface area contributed by atoms with Gasteiger partial charge in [-0.05, 0) is 44.1 Å². The molecule has 1 atom stereocenters. The van der Waals surface area contributed by atoms with Gasteiger partial charge in [0.25, 0.3) is 5.91 Å². The second-order valence-corrected chi connectivity index (χ2v) is 8.21. The molecule has 1 spiro atoms. The zero-order valence-electron chi connectivity index (χ0n) is 16.7. The molecule has 3 aliphatic heterocycles. The number of hydrogen-bond donors (Lipinski definition) is 0. The Labute approximate surface area is 171 Å². The molecule has 2 aromatic rings. The summed E-state index contributed by atoms with van der Waals surface area (Å²) in [6, 6.07) is 10.1. The first kappa shape index (κ1) is 18.7. The molecule has 3 aliphatic rings. The summed E-state index contributed by atoms with van der Waals surface area (Å²) in [6.07, 6.45) is 7.04. The number of ether oxygens (including phenoxy) is 2. The highest BCUT2D eigenvalue weighted by molar-refractivity contribution is 5.81. The molecule has 5 rings (SSSR count). The van der Waals surface area contributed by atoms with Gasteiger partial charge in [0.05, 0.1) is 12.3 Å². The van der Waals surface area contributed by atoms with E-state index in [1.807, 2.05) is 41.4 Å². The van der Waals surface area contributed by atoms with Crippen LogP contribution in [0.2, 0.25) is 0 Å². The summed E-state index contributed by atoms with van der Waals surface area (Å²) in [5.41, 5.74) is 2.78. The second-order valence-electron chi connectivity index (χ2n) is 8.21. The molecule has 0 radical (unpaired) electrons. The molecule has 6 nitrogen and oxygen atoms in total. The maximum atomic E-state index is 12.8. The third kappa shape index (κ3) is 3.55. The molecular formula is C23H27N3O3. The molecule has 29 heavy (non-hydrogen) atoms. The number of likely N-dealkylation sites (tertiary alicyclic amines) is 1. The van der Waals surface area contributed by atoms with Crippen molar-refractivity contribution in [3.8, 4) is 11.4 Å². The van der Waals surface area contributed by atoms with E-state index in [1.54, 1.807) is 0 Å². The number of fused-ring (bicyclic) bond motifs is 2. The van der Waals surface area contributed by atoms with Gasteiger partial charge in [-0.15, -0.1) is 0 Å². The second kappa shape index (κ2) is 7.84. The average molecular weight is 393 g/mol. The van der Waals surface area contributed by atoms with Crippen LogP contribution in [-0.4, -0.2) is 53.2 Å². The van der Waals surface area contributed by atoms with Gasteiger partial charge in [-0.3, -0.25) is 4.79 Å². The maximum absolute atomic E-state index is 12.8. The number of amides is 1. The zero-order valence-corrected chi connectivity index (χ0v) is 16.7. The minimum Gasteiger partial charge on any atom is -0.368 e. The highest BCUT2D eigenvalue weighted by Gasteiger charge is 2.44. The highest BCUT2D eigenvalue weighted by atomic mass is 16.5. The van der Waals surface area contributed by atoms with Crippen LogP contribution in [0.15, 0.2) is 36.5 Å². The predicted octanol–water partition coefficient (Wildman–Crippen LogP) is 3.10. The van der Waals surface area contributed by atoms with Gasteiger partial charge in [0.2, 0.25) is 0 Å². The molecule has 6 heteroatoms. The Bertz CT molecular complexity index is 872. The van der Waals surface area contributed by atoms with E-state index in [4.69, 9.17) is 14.5 Å². The van der Waals surface area contributed by atoms with Crippen molar-refractivity contribution in [2.24, 2.45) is 0 Å². The van der Waals surface area contributed by atoms with Crippen molar-refractivity contribution in [1.29, 1.82) is 0 Å². The van der Waals surface area contributed by atoms with Gasteiger partial charge in [-0.1, -0.05) is 30.3 Å². The van der Waals surface area contributed by atoms with Crippen molar-refractivity contribution < 1.29 is 14.3 Å². The van der Waals surface area contributed by atoms with Crippen LogP contribution >= 0.6 is 0 Å². The monoisotopic (exact) mass is 393 g/mol. The van der Waals surface area contributed by atoms with Gasteiger partial charge in [-0.25, -0.2) is 9.97 Å². The molecule has 4 heterocycles. The average Bonchev–Trinajstić information content (AvgIpc) is 2.80. The SMILES string of the molecule is O=C(C1CCCCO1)N1CCC2(CC1)OCCc1cnc(-c3ccccc3)nc12. The third-order valence-corrected chi connectivity index (χ3v) is 6.42. The number of nitrogens with zero attached hydrogens (tertiary/aromatic N) is 3. The molecule has 1 amide bonds. The molecular weight excluding hydrogens is 366 g/mol. The van der Waals surface area contributed by atoms with E-state index in [1.165, 1.54) is 5.56 Å². The summed E-state index contributed by atoms with van der Waals surface area (Å²) in [6.45, 7) is 2.75. The summed E-state index contributed by atoms with van der Waals surface area (Å²) in [5, 5.41) is 0. The lowest BCUT2D eigenvalue weighted by atomic mass is 9.83. The van der Waals surface area contributed by atoms with E-state index < -0.39 is 5.60 Å². The van der Waals surface area contributed by atoms with Crippen molar-refractivity contribution in [1.82, 2.24) is 14.9 Å². The van der Waals surface area contributed by atoms with E-state index in [-0.39, 0.29) is 12.0 Å². The fraction of sp³-hybridized carbons (Fsp3) is 0.522. The summed E-state index contributed by atoms with van der Waals surface area (Å²) < 4.78 is 12.0. The normalized spacial score (nSPS) is 23.6. The molecule has 1 aromatic carbocycles. The fourth-order valence-electron chi connectivity index (χ4n) is 4.74. The van der Waals surface area contributed by atoms with Gasteiger partial charge < -0.3 is 14.4 Å². The molecule has 0 saturated carbocycles. The smallest absolute Gasteiger partial charge is 0.251 e. The number of rotatable bonds is 2. The predicted molar refractivity (Wildman–Crippen MR) is 108 cm³/mol. The lowest BCUT2D eigenvalue weighted by Gasteiger charge is -2.44. The molecule has 0 aliphatic carbocycles. The molecule has 2 saturated heterocycles. The van der Waals surface area contributed by atoms with Gasteiger partial charge >= 0.3 is 0 Å². The van der Waals surface area contributed by atoms with Crippen LogP contribution in [-0.2, 0) is 26.3 Å². The van der Waals surface area contributed by atoms with Gasteiger partial charge in [0.1, 0.15) is 11.7 Å². The Balaban J connectivity index is 1.37. The first-order chi connectivity index (χ1) is 14.3. The van der Waals surface area contributed by atoms with Crippen LogP contribution in [0.3, 0.4) is 0 Å². The topological polar surface area (TPSA) is 64.5 Å². The molecule has 152 valence electrons. The molecule has 2 fully saturated rings. The quantitative estimate of drug-likeness (QED) is 0.784. The number of piperidine rings is 1. The Morgan fingerprint density at radius 1 is 1.10 bits per heavy atom. The van der Waals surface area contributed by atoms with Gasteiger partial charge in [-0.2, -0.15) is 0 Å². The highest BCUT2D eigenvalue weighted by Crippen LogP contribution is 2.41. The van der Waals surface area contributed by atoms with Crippen LogP contribution < -0.4 is 0 Å². The summed E-state index contributed by atoms with van der Waals surface area (Å²) in [7, 11) is 0. The first-order valence-electron chi connectivity index (χ1n) is 10.7. The number of benzene rings is 1. The van der Waals surface area contributed by atoms with E-state index >= 15 is 0 Å². The van der Waals surface area contributed by atoms with Crippen LogP contribution in [0.1, 0.15) is 43.4 Å². The van der Waals surface area contributed by atoms with E-state index in [0.717, 1.165) is 55.6 Å². The lowest BCUT2D eigenvalue weighted by Crippen LogP contribution is -2.51. The number of aromatic nitrogens is 2. The van der Waals surface area contributed by atoms with Crippen molar-refractivity contribution >= 4 is 5.91 Å². The van der Waals surface area contributed by atoms with Crippen LogP contribution in [0, 0.1) is 0 Å². The number of hydrogen-bond acceptors (Lipinski definition) is 5. The van der Waals surface area contributed by atoms with Crippen LogP contribution in [0.25, 0.3) is 11.4 Å². The summed E-state index contributed by atoms with van der Waals surface area (Å²) in [5.74, 6) is 0.881. The Morgan fingerprint density at radius 2 is 1.93 bits per heavy atom. The van der Waals surface area contributed by atoms with Crippen molar-refractivity contribution in [2.75, 3.05) is 26.3 Å². The fourth-order valence-corrected chi connectivity index (χ4v) is 4.74. The lowest BCUT2D eigenvalue weighted by molar-refractivity contribution is -0.154. The molecule has 1 unspecified atom stereocenters. The van der Waals surface area contributed by atoms with Crippen molar-refractivity contribution in [2.45, 2.75) is 50.2 Å². The summed E-state index contributed by atoms with van der Waals surface area (Å²) in [4.78, 5) is 24.4. The number of carbonyl (C=O) groups excluding carboxylic acids is 1. The van der Waals surface area contributed by atoms with Gasteiger partial charge in [0, 0.05) is 31.5 Å². The zero-order chi connectivity index (χ0) is 19.7. The van der Waals surface area contributed by atoms with Crippen LogP contribution in [0.5, 0.6) is 0 Å². The molecule has 0 bridgehead atoms. The van der Waals surface area contributed by atoms with Crippen molar-refractivity contribution in [3.05, 3.63) is 47.8 Å². The largest absolute Gasteiger partial charge is 0.368 e. The first-order valence-corrected chi connectivity index (χ1v) is 10.7. The third-order valence-electron chi connectivity index (χ3n) is 6.42. The Morgan fingerprint density at radius 3 is 2.69 bits per heavy atom. The van der Waals surface area contributed by atoms with E-state index in [0.29, 0.717) is 26.3 Å². The Kier molecular flexibility index (Phi) is 5.06. The van der Waals surface area contributed by atoms with Crippen molar-refractivity contribution in [3.63, 3.8) is 0 Å². The molecule has 0 N–H and O–H groups in total. The van der Waals surface area contributed by atoms with E-state index in [9.17, 15) is 4.79 Å². The van der Waals surface area contributed by atoms with E-state index in [2.05, 4.69) is 4.98 Å². The van der Waals surface area contributed by atoms with Gasteiger partial charge in [0.15, 0.2) is 5.82 Å². The minimum atomic E-state index is -0.412. The molecule has 1 aromatic heterocycles. The minimum absolute atomic E-state index is 0.142. The Hall–Kier alpha value is -2.31. The summed E-state index contributed by atoms with van der Waals surface area (Å²) >= 11 is 0.